The molecular formula is C20H29NO3. The number of aryl methyl sites for hydroxylation is 1. The summed E-state index contributed by atoms with van der Waals surface area (Å²) in [6, 6.07) is 6.55. The van der Waals surface area contributed by atoms with Crippen molar-refractivity contribution in [2.75, 3.05) is 13.7 Å². The van der Waals surface area contributed by atoms with E-state index in [-0.39, 0.29) is 12.5 Å². The van der Waals surface area contributed by atoms with Gasteiger partial charge in [-0.15, -0.1) is 0 Å². The van der Waals surface area contributed by atoms with Crippen molar-refractivity contribution in [2.24, 2.45) is 5.92 Å². The minimum Gasteiger partial charge on any atom is -0.497 e. The number of rotatable bonds is 5. The van der Waals surface area contributed by atoms with Gasteiger partial charge in [0.25, 0.3) is 0 Å². The first-order valence-corrected chi connectivity index (χ1v) is 9.26. The molecule has 24 heavy (non-hydrogen) atoms. The van der Waals surface area contributed by atoms with Crippen molar-refractivity contribution in [3.8, 4) is 5.75 Å². The third kappa shape index (κ3) is 4.10. The average molecular weight is 331 g/mol. The first kappa shape index (κ1) is 17.3. The lowest BCUT2D eigenvalue weighted by Gasteiger charge is -2.29. The van der Waals surface area contributed by atoms with E-state index in [0.29, 0.717) is 24.3 Å². The number of fused-ring (bicyclic) bond motifs is 1. The molecule has 2 aliphatic rings. The fourth-order valence-electron chi connectivity index (χ4n) is 4.23. The molecule has 0 bridgehead atoms. The average Bonchev–Trinajstić information content (AvgIpc) is 2.62. The molecule has 1 aromatic rings. The number of aliphatic hydroxyl groups excluding tert-OH is 1. The van der Waals surface area contributed by atoms with Gasteiger partial charge in [0.2, 0.25) is 5.91 Å². The van der Waals surface area contributed by atoms with E-state index in [0.717, 1.165) is 50.7 Å². The van der Waals surface area contributed by atoms with Crippen molar-refractivity contribution in [1.82, 2.24) is 5.32 Å². The summed E-state index contributed by atoms with van der Waals surface area (Å²) in [5.74, 6) is 1.84. The summed E-state index contributed by atoms with van der Waals surface area (Å²) in [6.07, 6.45) is 7.92. The van der Waals surface area contributed by atoms with E-state index < -0.39 is 0 Å². The maximum Gasteiger partial charge on any atom is 0.220 e. The van der Waals surface area contributed by atoms with Crippen LogP contribution in [0.3, 0.4) is 0 Å². The number of hydrogen-bond donors (Lipinski definition) is 2. The molecule has 1 aromatic carbocycles. The zero-order chi connectivity index (χ0) is 16.9. The summed E-state index contributed by atoms with van der Waals surface area (Å²) < 4.78 is 5.32. The SMILES string of the molecule is COc1ccc2c(c1)CCCC2CC(=O)NC1CCC(CO)CC1. The Bertz CT molecular complexity index is 564. The Morgan fingerprint density at radius 3 is 2.75 bits per heavy atom. The second kappa shape index (κ2) is 8.02. The number of aliphatic hydroxyl groups is 1. The number of benzene rings is 1. The molecule has 1 saturated carbocycles. The highest BCUT2D eigenvalue weighted by molar-refractivity contribution is 5.77. The molecule has 1 unspecified atom stereocenters. The standard InChI is InChI=1S/C20H29NO3/c1-24-18-9-10-19-15(11-18)3-2-4-16(19)12-20(23)21-17-7-5-14(13-22)6-8-17/h9-11,14,16-17,22H,2-8,12-13H2,1H3,(H,21,23). The van der Waals surface area contributed by atoms with Crippen LogP contribution in [0.5, 0.6) is 5.75 Å². The van der Waals surface area contributed by atoms with E-state index in [9.17, 15) is 9.90 Å². The molecule has 1 atom stereocenters. The molecule has 0 aliphatic heterocycles. The highest BCUT2D eigenvalue weighted by Gasteiger charge is 2.26. The van der Waals surface area contributed by atoms with Crippen molar-refractivity contribution in [3.05, 3.63) is 29.3 Å². The van der Waals surface area contributed by atoms with Gasteiger partial charge in [0.15, 0.2) is 0 Å². The van der Waals surface area contributed by atoms with Crippen molar-refractivity contribution >= 4 is 5.91 Å². The van der Waals surface area contributed by atoms with Crippen LogP contribution in [0.4, 0.5) is 0 Å². The molecule has 1 fully saturated rings. The van der Waals surface area contributed by atoms with E-state index in [2.05, 4.69) is 17.4 Å². The van der Waals surface area contributed by atoms with E-state index in [1.54, 1.807) is 7.11 Å². The lowest BCUT2D eigenvalue weighted by Crippen LogP contribution is -2.38. The molecule has 0 radical (unpaired) electrons. The van der Waals surface area contributed by atoms with Crippen molar-refractivity contribution in [3.63, 3.8) is 0 Å². The molecule has 0 spiro atoms. The molecule has 0 saturated heterocycles. The number of carbonyl (C=O) groups excluding carboxylic acids is 1. The normalized spacial score (nSPS) is 26.5. The second-order valence-corrected chi connectivity index (χ2v) is 7.33. The molecule has 0 aromatic heterocycles. The van der Waals surface area contributed by atoms with Gasteiger partial charge in [-0.2, -0.15) is 0 Å². The van der Waals surface area contributed by atoms with Crippen molar-refractivity contribution in [1.29, 1.82) is 0 Å². The quantitative estimate of drug-likeness (QED) is 0.871. The minimum absolute atomic E-state index is 0.177. The third-order valence-corrected chi connectivity index (χ3v) is 5.69. The van der Waals surface area contributed by atoms with Gasteiger partial charge in [-0.3, -0.25) is 4.79 Å². The third-order valence-electron chi connectivity index (χ3n) is 5.69. The number of amides is 1. The van der Waals surface area contributed by atoms with Crippen LogP contribution >= 0.6 is 0 Å². The minimum atomic E-state index is 0.177. The van der Waals surface area contributed by atoms with Gasteiger partial charge in [0, 0.05) is 19.1 Å². The van der Waals surface area contributed by atoms with Gasteiger partial charge in [-0.25, -0.2) is 0 Å². The largest absolute Gasteiger partial charge is 0.497 e. The van der Waals surface area contributed by atoms with Gasteiger partial charge in [-0.1, -0.05) is 6.07 Å². The Hall–Kier alpha value is -1.55. The first-order valence-electron chi connectivity index (χ1n) is 9.26. The van der Waals surface area contributed by atoms with Gasteiger partial charge in [0.1, 0.15) is 5.75 Å². The van der Waals surface area contributed by atoms with Crippen molar-refractivity contribution in [2.45, 2.75) is 63.3 Å². The van der Waals surface area contributed by atoms with Gasteiger partial charge < -0.3 is 15.2 Å². The Kier molecular flexibility index (Phi) is 5.77. The van der Waals surface area contributed by atoms with Crippen LogP contribution in [0.2, 0.25) is 0 Å². The lowest BCUT2D eigenvalue weighted by molar-refractivity contribution is -0.122. The highest BCUT2D eigenvalue weighted by Crippen LogP contribution is 2.36. The number of ether oxygens (including phenoxy) is 1. The molecule has 3 rings (SSSR count). The molecule has 1 amide bonds. The van der Waals surface area contributed by atoms with Crippen LogP contribution < -0.4 is 10.1 Å². The maximum atomic E-state index is 12.5. The van der Waals surface area contributed by atoms with Crippen LogP contribution in [0.25, 0.3) is 0 Å². The van der Waals surface area contributed by atoms with E-state index in [1.807, 2.05) is 6.07 Å². The Morgan fingerprint density at radius 1 is 1.25 bits per heavy atom. The van der Waals surface area contributed by atoms with Crippen LogP contribution in [0, 0.1) is 5.92 Å². The number of nitrogens with one attached hydrogen (secondary N) is 1. The summed E-state index contributed by atoms with van der Waals surface area (Å²) in [5, 5.41) is 12.4. The number of methoxy groups -OCH3 is 1. The predicted molar refractivity (Wildman–Crippen MR) is 94.3 cm³/mol. The zero-order valence-corrected chi connectivity index (χ0v) is 14.6. The van der Waals surface area contributed by atoms with Crippen LogP contribution in [0.15, 0.2) is 18.2 Å². The second-order valence-electron chi connectivity index (χ2n) is 7.33. The molecule has 4 heteroatoms. The Balaban J connectivity index is 1.56. The molecular weight excluding hydrogens is 302 g/mol. The van der Waals surface area contributed by atoms with Gasteiger partial charge in [-0.05, 0) is 80.0 Å². The summed E-state index contributed by atoms with van der Waals surface area (Å²) >= 11 is 0. The summed E-state index contributed by atoms with van der Waals surface area (Å²) in [7, 11) is 1.70. The number of hydrogen-bond acceptors (Lipinski definition) is 3. The lowest BCUT2D eigenvalue weighted by atomic mass is 9.80. The van der Waals surface area contributed by atoms with Gasteiger partial charge in [0.05, 0.1) is 7.11 Å². The predicted octanol–water partition coefficient (Wildman–Crippen LogP) is 3.17. The highest BCUT2D eigenvalue weighted by atomic mass is 16.5. The zero-order valence-electron chi connectivity index (χ0n) is 14.6. The smallest absolute Gasteiger partial charge is 0.220 e. The molecule has 2 N–H and O–H groups in total. The van der Waals surface area contributed by atoms with E-state index in [1.165, 1.54) is 11.1 Å². The van der Waals surface area contributed by atoms with Crippen LogP contribution in [0.1, 0.15) is 62.0 Å². The Morgan fingerprint density at radius 2 is 2.04 bits per heavy atom. The fraction of sp³-hybridized carbons (Fsp3) is 0.650. The van der Waals surface area contributed by atoms with Gasteiger partial charge >= 0.3 is 0 Å². The van der Waals surface area contributed by atoms with Crippen LogP contribution in [-0.4, -0.2) is 30.8 Å². The monoisotopic (exact) mass is 331 g/mol. The Labute approximate surface area is 144 Å². The van der Waals surface area contributed by atoms with E-state index >= 15 is 0 Å². The maximum absolute atomic E-state index is 12.5. The van der Waals surface area contributed by atoms with Crippen LogP contribution in [-0.2, 0) is 11.2 Å². The van der Waals surface area contributed by atoms with E-state index in [4.69, 9.17) is 4.74 Å². The first-order chi connectivity index (χ1) is 11.7. The summed E-state index contributed by atoms with van der Waals surface area (Å²) in [5.41, 5.74) is 2.66. The fourth-order valence-corrected chi connectivity index (χ4v) is 4.23. The molecule has 0 heterocycles. The topological polar surface area (TPSA) is 58.6 Å². The summed E-state index contributed by atoms with van der Waals surface area (Å²) in [6.45, 7) is 0.281. The number of carbonyl (C=O) groups is 1. The van der Waals surface area contributed by atoms with Crippen molar-refractivity contribution < 1.29 is 14.6 Å². The molecule has 4 nitrogen and oxygen atoms in total. The molecule has 132 valence electrons. The summed E-state index contributed by atoms with van der Waals surface area (Å²) in [4.78, 5) is 12.5. The molecule has 2 aliphatic carbocycles.